The van der Waals surface area contributed by atoms with Gasteiger partial charge in [0.05, 0.1) is 12.3 Å². The molecular formula is C17H22N4O2. The average Bonchev–Trinajstić information content (AvgIpc) is 2.57. The van der Waals surface area contributed by atoms with E-state index in [1.807, 2.05) is 25.1 Å². The topological polar surface area (TPSA) is 76.1 Å². The van der Waals surface area contributed by atoms with E-state index in [1.54, 1.807) is 12.1 Å². The Morgan fingerprint density at radius 3 is 2.78 bits per heavy atom. The van der Waals surface area contributed by atoms with Crippen molar-refractivity contribution in [2.24, 2.45) is 0 Å². The summed E-state index contributed by atoms with van der Waals surface area (Å²) in [7, 11) is 0. The maximum atomic E-state index is 12.4. The Hall–Kier alpha value is -2.63. The second kappa shape index (κ2) is 8.12. The minimum atomic E-state index is -0.299. The highest BCUT2D eigenvalue weighted by Crippen LogP contribution is 2.24. The number of hydrogen-bond donors (Lipinski definition) is 2. The zero-order valence-corrected chi connectivity index (χ0v) is 13.7. The first-order valence-electron chi connectivity index (χ1n) is 7.75. The molecule has 122 valence electrons. The van der Waals surface area contributed by atoms with Crippen LogP contribution in [0.1, 0.15) is 37.7 Å². The van der Waals surface area contributed by atoms with Gasteiger partial charge in [-0.15, -0.1) is 0 Å². The highest BCUT2D eigenvalue weighted by molar-refractivity contribution is 6.04. The van der Waals surface area contributed by atoms with Crippen molar-refractivity contribution in [3.63, 3.8) is 0 Å². The number of ether oxygens (including phenoxy) is 1. The van der Waals surface area contributed by atoms with Crippen molar-refractivity contribution in [3.8, 4) is 5.75 Å². The summed E-state index contributed by atoms with van der Waals surface area (Å²) in [6, 6.07) is 9.23. The van der Waals surface area contributed by atoms with Crippen LogP contribution in [-0.2, 0) is 0 Å². The zero-order valence-electron chi connectivity index (χ0n) is 13.7. The van der Waals surface area contributed by atoms with Crippen molar-refractivity contribution >= 4 is 17.4 Å². The molecule has 0 radical (unpaired) electrons. The van der Waals surface area contributed by atoms with Crippen LogP contribution in [-0.4, -0.2) is 28.5 Å². The van der Waals surface area contributed by atoms with E-state index in [9.17, 15) is 4.79 Å². The molecule has 0 fully saturated rings. The second-order valence-electron chi connectivity index (χ2n) is 5.13. The number of rotatable bonds is 7. The fraction of sp³-hybridized carbons (Fsp3) is 0.353. The van der Waals surface area contributed by atoms with Crippen LogP contribution < -0.4 is 15.4 Å². The third kappa shape index (κ3) is 4.67. The number of nitrogens with zero attached hydrogens (tertiary/aromatic N) is 2. The summed E-state index contributed by atoms with van der Waals surface area (Å²) < 4.78 is 5.50. The maximum Gasteiger partial charge on any atom is 0.274 e. The lowest BCUT2D eigenvalue weighted by Gasteiger charge is -2.13. The summed E-state index contributed by atoms with van der Waals surface area (Å²) in [6.45, 7) is 6.57. The molecule has 1 amide bonds. The maximum absolute atomic E-state index is 12.4. The van der Waals surface area contributed by atoms with Gasteiger partial charge in [-0.2, -0.15) is 0 Å². The van der Waals surface area contributed by atoms with Gasteiger partial charge in [-0.1, -0.05) is 19.1 Å². The molecule has 2 N–H and O–H groups in total. The van der Waals surface area contributed by atoms with Crippen molar-refractivity contribution in [1.82, 2.24) is 9.97 Å². The van der Waals surface area contributed by atoms with E-state index < -0.39 is 0 Å². The van der Waals surface area contributed by atoms with Crippen molar-refractivity contribution in [1.29, 1.82) is 0 Å². The standard InChI is InChI=1S/C17H22N4O2/c1-4-12(3)20-16-10-14(18-11-19-16)17(22)21-13-8-6-7-9-15(13)23-5-2/h6-12H,4-5H2,1-3H3,(H,21,22)(H,18,19,20). The Kier molecular flexibility index (Phi) is 5.91. The summed E-state index contributed by atoms with van der Waals surface area (Å²) in [5, 5.41) is 6.05. The molecule has 1 heterocycles. The quantitative estimate of drug-likeness (QED) is 0.819. The summed E-state index contributed by atoms with van der Waals surface area (Å²) in [5.41, 5.74) is 0.923. The molecule has 23 heavy (non-hydrogen) atoms. The Morgan fingerprint density at radius 1 is 1.26 bits per heavy atom. The van der Waals surface area contributed by atoms with Gasteiger partial charge < -0.3 is 15.4 Å². The lowest BCUT2D eigenvalue weighted by molar-refractivity contribution is 0.102. The third-order valence-electron chi connectivity index (χ3n) is 3.34. The van der Waals surface area contributed by atoms with E-state index in [0.29, 0.717) is 29.6 Å². The number of carbonyl (C=O) groups is 1. The van der Waals surface area contributed by atoms with Gasteiger partial charge in [0.2, 0.25) is 0 Å². The predicted octanol–water partition coefficient (Wildman–Crippen LogP) is 3.34. The first-order valence-corrected chi connectivity index (χ1v) is 7.75. The fourth-order valence-electron chi connectivity index (χ4n) is 1.95. The monoisotopic (exact) mass is 314 g/mol. The predicted molar refractivity (Wildman–Crippen MR) is 91.0 cm³/mol. The molecule has 0 saturated heterocycles. The van der Waals surface area contributed by atoms with Crippen LogP contribution in [0.15, 0.2) is 36.7 Å². The summed E-state index contributed by atoms with van der Waals surface area (Å²) in [5.74, 6) is 0.972. The number of aromatic nitrogens is 2. The molecule has 0 saturated carbocycles. The van der Waals surface area contributed by atoms with E-state index in [4.69, 9.17) is 4.74 Å². The molecule has 6 heteroatoms. The molecule has 0 aliphatic carbocycles. The molecule has 0 aliphatic heterocycles. The number of carbonyl (C=O) groups excluding carboxylic acids is 1. The van der Waals surface area contributed by atoms with E-state index in [-0.39, 0.29) is 11.9 Å². The number of amides is 1. The Morgan fingerprint density at radius 2 is 2.04 bits per heavy atom. The van der Waals surface area contributed by atoms with Crippen LogP contribution >= 0.6 is 0 Å². The molecular weight excluding hydrogens is 292 g/mol. The van der Waals surface area contributed by atoms with Gasteiger partial charge in [0, 0.05) is 12.1 Å². The van der Waals surface area contributed by atoms with E-state index in [2.05, 4.69) is 34.4 Å². The summed E-state index contributed by atoms with van der Waals surface area (Å²) in [4.78, 5) is 20.6. The van der Waals surface area contributed by atoms with E-state index >= 15 is 0 Å². The first kappa shape index (κ1) is 16.7. The van der Waals surface area contributed by atoms with Gasteiger partial charge in [0.25, 0.3) is 5.91 Å². The second-order valence-corrected chi connectivity index (χ2v) is 5.13. The van der Waals surface area contributed by atoms with Crippen LogP contribution in [0, 0.1) is 0 Å². The zero-order chi connectivity index (χ0) is 16.7. The average molecular weight is 314 g/mol. The van der Waals surface area contributed by atoms with Crippen LogP contribution in [0.25, 0.3) is 0 Å². The van der Waals surface area contributed by atoms with Crippen LogP contribution in [0.3, 0.4) is 0 Å². The number of benzene rings is 1. The minimum Gasteiger partial charge on any atom is -0.492 e. The molecule has 1 aromatic heterocycles. The van der Waals surface area contributed by atoms with Gasteiger partial charge >= 0.3 is 0 Å². The molecule has 1 atom stereocenters. The number of anilines is 2. The molecule has 1 unspecified atom stereocenters. The molecule has 0 bridgehead atoms. The molecule has 2 aromatic rings. The number of para-hydroxylation sites is 2. The molecule has 1 aromatic carbocycles. The summed E-state index contributed by atoms with van der Waals surface area (Å²) >= 11 is 0. The number of nitrogens with one attached hydrogen (secondary N) is 2. The molecule has 0 spiro atoms. The van der Waals surface area contributed by atoms with Gasteiger partial charge in [-0.05, 0) is 32.4 Å². The van der Waals surface area contributed by atoms with Crippen molar-refractivity contribution in [3.05, 3.63) is 42.4 Å². The normalized spacial score (nSPS) is 11.6. The van der Waals surface area contributed by atoms with E-state index in [0.717, 1.165) is 6.42 Å². The lowest BCUT2D eigenvalue weighted by Crippen LogP contribution is -2.18. The SMILES string of the molecule is CCOc1ccccc1NC(=O)c1cc(NC(C)CC)ncn1. The van der Waals surface area contributed by atoms with Crippen molar-refractivity contribution in [2.75, 3.05) is 17.2 Å². The lowest BCUT2D eigenvalue weighted by atomic mass is 10.2. The third-order valence-corrected chi connectivity index (χ3v) is 3.34. The van der Waals surface area contributed by atoms with Crippen LogP contribution in [0.2, 0.25) is 0 Å². The van der Waals surface area contributed by atoms with Crippen molar-refractivity contribution < 1.29 is 9.53 Å². The minimum absolute atomic E-state index is 0.277. The van der Waals surface area contributed by atoms with Crippen molar-refractivity contribution in [2.45, 2.75) is 33.2 Å². The molecule has 2 rings (SSSR count). The van der Waals surface area contributed by atoms with E-state index in [1.165, 1.54) is 6.33 Å². The highest BCUT2D eigenvalue weighted by atomic mass is 16.5. The van der Waals surface area contributed by atoms with Gasteiger partial charge in [0.15, 0.2) is 0 Å². The van der Waals surface area contributed by atoms with Gasteiger partial charge in [-0.25, -0.2) is 9.97 Å². The Bertz CT molecular complexity index is 661. The summed E-state index contributed by atoms with van der Waals surface area (Å²) in [6.07, 6.45) is 2.35. The first-order chi connectivity index (χ1) is 11.1. The van der Waals surface area contributed by atoms with Gasteiger partial charge in [0.1, 0.15) is 23.6 Å². The smallest absolute Gasteiger partial charge is 0.274 e. The molecule has 6 nitrogen and oxygen atoms in total. The highest BCUT2D eigenvalue weighted by Gasteiger charge is 2.12. The number of hydrogen-bond acceptors (Lipinski definition) is 5. The van der Waals surface area contributed by atoms with Gasteiger partial charge in [-0.3, -0.25) is 4.79 Å². The Labute approximate surface area is 136 Å². The van der Waals surface area contributed by atoms with Crippen LogP contribution in [0.5, 0.6) is 5.75 Å². The van der Waals surface area contributed by atoms with Crippen LogP contribution in [0.4, 0.5) is 11.5 Å². The molecule has 0 aliphatic rings. The largest absolute Gasteiger partial charge is 0.492 e. The Balaban J connectivity index is 2.13. The fourth-order valence-corrected chi connectivity index (χ4v) is 1.95.